The van der Waals surface area contributed by atoms with Gasteiger partial charge in [-0.25, -0.2) is 9.59 Å². The molecular weight excluding hydrogens is 330 g/mol. The highest BCUT2D eigenvalue weighted by Crippen LogP contribution is 2.12. The van der Waals surface area contributed by atoms with Crippen LogP contribution in [0.15, 0.2) is 0 Å². The molecular formula is C21H41NO4. The van der Waals surface area contributed by atoms with E-state index in [4.69, 9.17) is 9.47 Å². The lowest BCUT2D eigenvalue weighted by Crippen LogP contribution is -2.46. The number of alkyl carbamates (subject to hydrolysis) is 1. The summed E-state index contributed by atoms with van der Waals surface area (Å²) in [5.74, 6) is -0.344. The largest absolute Gasteiger partial charge is 0.464 e. The maximum atomic E-state index is 12.3. The van der Waals surface area contributed by atoms with Gasteiger partial charge < -0.3 is 14.8 Å². The van der Waals surface area contributed by atoms with E-state index in [1.54, 1.807) is 6.92 Å². The molecule has 1 N–H and O–H groups in total. The molecule has 0 fully saturated rings. The van der Waals surface area contributed by atoms with Gasteiger partial charge in [-0.05, 0) is 19.3 Å². The summed E-state index contributed by atoms with van der Waals surface area (Å²) in [4.78, 5) is 23.8. The van der Waals surface area contributed by atoms with Gasteiger partial charge in [0.2, 0.25) is 0 Å². The van der Waals surface area contributed by atoms with Gasteiger partial charge in [0.25, 0.3) is 0 Å². The summed E-state index contributed by atoms with van der Waals surface area (Å²) in [6, 6.07) is -0.637. The Morgan fingerprint density at radius 3 is 1.85 bits per heavy atom. The van der Waals surface area contributed by atoms with Crippen LogP contribution in [0.25, 0.3) is 0 Å². The van der Waals surface area contributed by atoms with Gasteiger partial charge in [0, 0.05) is 0 Å². The lowest BCUT2D eigenvalue weighted by Gasteiger charge is -2.22. The van der Waals surface area contributed by atoms with Crippen molar-refractivity contribution in [1.82, 2.24) is 5.32 Å². The average Bonchev–Trinajstić information content (AvgIpc) is 2.63. The van der Waals surface area contributed by atoms with Crippen molar-refractivity contribution < 1.29 is 19.1 Å². The Hall–Kier alpha value is -1.26. The molecule has 154 valence electrons. The van der Waals surface area contributed by atoms with Crippen molar-refractivity contribution >= 4 is 12.1 Å². The first kappa shape index (κ1) is 24.7. The van der Waals surface area contributed by atoms with Gasteiger partial charge in [-0.3, -0.25) is 0 Å². The second kappa shape index (κ2) is 17.2. The molecule has 0 saturated heterocycles. The third-order valence-corrected chi connectivity index (χ3v) is 4.76. The maximum Gasteiger partial charge on any atom is 0.407 e. The molecule has 2 atom stereocenters. The normalized spacial score (nSPS) is 13.1. The second-order valence-corrected chi connectivity index (χ2v) is 7.08. The van der Waals surface area contributed by atoms with Crippen LogP contribution >= 0.6 is 0 Å². The minimum absolute atomic E-state index is 0.0135. The predicted octanol–water partition coefficient (Wildman–Crippen LogP) is 5.61. The summed E-state index contributed by atoms with van der Waals surface area (Å²) >= 11 is 0. The van der Waals surface area contributed by atoms with Crippen LogP contribution in [-0.2, 0) is 14.3 Å². The number of unbranched alkanes of at least 4 members (excludes halogenated alkanes) is 9. The lowest BCUT2D eigenvalue weighted by molar-refractivity contribution is -0.147. The Bertz CT molecular complexity index is 360. The quantitative estimate of drug-likeness (QED) is 0.283. The highest BCUT2D eigenvalue weighted by atomic mass is 16.6. The van der Waals surface area contributed by atoms with Crippen LogP contribution in [0.5, 0.6) is 0 Å². The maximum absolute atomic E-state index is 12.3. The van der Waals surface area contributed by atoms with E-state index in [2.05, 4.69) is 12.2 Å². The number of amides is 1. The van der Waals surface area contributed by atoms with Gasteiger partial charge in [0.15, 0.2) is 0 Å². The minimum Gasteiger partial charge on any atom is -0.464 e. The number of carbonyl (C=O) groups is 2. The molecule has 26 heavy (non-hydrogen) atoms. The first-order valence-corrected chi connectivity index (χ1v) is 10.7. The van der Waals surface area contributed by atoms with E-state index in [0.717, 1.165) is 19.3 Å². The second-order valence-electron chi connectivity index (χ2n) is 7.08. The molecule has 0 spiro atoms. The van der Waals surface area contributed by atoms with E-state index >= 15 is 0 Å². The smallest absolute Gasteiger partial charge is 0.407 e. The number of hydrogen-bond donors (Lipinski definition) is 1. The Kier molecular flexibility index (Phi) is 16.3. The molecule has 1 amide bonds. The van der Waals surface area contributed by atoms with Crippen LogP contribution in [-0.4, -0.2) is 31.3 Å². The number of carbonyl (C=O) groups excluding carboxylic acids is 2. The molecule has 0 saturated carbocycles. The van der Waals surface area contributed by atoms with Crippen molar-refractivity contribution in [2.45, 2.75) is 104 Å². The summed E-state index contributed by atoms with van der Waals surface area (Å²) < 4.78 is 10.2. The highest BCUT2D eigenvalue weighted by molar-refractivity contribution is 5.81. The first-order chi connectivity index (χ1) is 12.6. The summed E-state index contributed by atoms with van der Waals surface area (Å²) in [5, 5.41) is 2.62. The third-order valence-electron chi connectivity index (χ3n) is 4.76. The Balaban J connectivity index is 3.83. The van der Waals surface area contributed by atoms with E-state index in [1.165, 1.54) is 51.4 Å². The van der Waals surface area contributed by atoms with Crippen molar-refractivity contribution in [3.05, 3.63) is 0 Å². The molecule has 0 rings (SSSR count). The fraction of sp³-hybridized carbons (Fsp3) is 0.905. The van der Waals surface area contributed by atoms with E-state index < -0.39 is 12.1 Å². The Morgan fingerprint density at radius 1 is 0.808 bits per heavy atom. The van der Waals surface area contributed by atoms with Crippen LogP contribution < -0.4 is 5.32 Å². The SMILES string of the molecule is CCCCCCCCCCCCOC(=O)C(NC(=O)OCC)C(C)CC. The summed E-state index contributed by atoms with van der Waals surface area (Å²) in [5.41, 5.74) is 0. The number of ether oxygens (including phenoxy) is 2. The molecule has 0 aliphatic heterocycles. The van der Waals surface area contributed by atoms with Gasteiger partial charge in [-0.15, -0.1) is 0 Å². The number of nitrogens with one attached hydrogen (secondary N) is 1. The van der Waals surface area contributed by atoms with E-state index in [-0.39, 0.29) is 18.5 Å². The van der Waals surface area contributed by atoms with Crippen LogP contribution in [0, 0.1) is 5.92 Å². The van der Waals surface area contributed by atoms with Crippen LogP contribution in [0.1, 0.15) is 98.3 Å². The number of hydrogen-bond acceptors (Lipinski definition) is 4. The third kappa shape index (κ3) is 13.0. The summed E-state index contributed by atoms with van der Waals surface area (Å²) in [7, 11) is 0. The Morgan fingerprint density at radius 2 is 1.35 bits per heavy atom. The van der Waals surface area contributed by atoms with Crippen LogP contribution in [0.2, 0.25) is 0 Å². The zero-order chi connectivity index (χ0) is 19.6. The first-order valence-electron chi connectivity index (χ1n) is 10.7. The standard InChI is InChI=1S/C21H41NO4/c1-5-8-9-10-11-12-13-14-15-16-17-26-20(23)19(18(4)6-2)22-21(24)25-7-3/h18-19H,5-17H2,1-4H3,(H,22,24). The fourth-order valence-corrected chi connectivity index (χ4v) is 2.82. The fourth-order valence-electron chi connectivity index (χ4n) is 2.82. The van der Waals surface area contributed by atoms with Crippen LogP contribution in [0.4, 0.5) is 4.79 Å². The molecule has 2 unspecified atom stereocenters. The highest BCUT2D eigenvalue weighted by Gasteiger charge is 2.27. The molecule has 0 aromatic rings. The zero-order valence-corrected chi connectivity index (χ0v) is 17.5. The number of esters is 1. The zero-order valence-electron chi connectivity index (χ0n) is 17.5. The van der Waals surface area contributed by atoms with Crippen molar-refractivity contribution in [2.24, 2.45) is 5.92 Å². The molecule has 0 aliphatic rings. The van der Waals surface area contributed by atoms with Gasteiger partial charge in [-0.1, -0.05) is 85.0 Å². The monoisotopic (exact) mass is 371 g/mol. The molecule has 0 aromatic heterocycles. The molecule has 5 nitrogen and oxygen atoms in total. The van der Waals surface area contributed by atoms with E-state index in [1.807, 2.05) is 13.8 Å². The molecule has 0 radical (unpaired) electrons. The van der Waals surface area contributed by atoms with E-state index in [9.17, 15) is 9.59 Å². The summed E-state index contributed by atoms with van der Waals surface area (Å²) in [6.45, 7) is 8.60. The topological polar surface area (TPSA) is 64.6 Å². The van der Waals surface area contributed by atoms with Crippen molar-refractivity contribution in [3.63, 3.8) is 0 Å². The lowest BCUT2D eigenvalue weighted by atomic mass is 9.99. The molecule has 0 heterocycles. The van der Waals surface area contributed by atoms with Gasteiger partial charge in [0.1, 0.15) is 6.04 Å². The Labute approximate surface area is 160 Å². The predicted molar refractivity (Wildman–Crippen MR) is 106 cm³/mol. The molecule has 0 bridgehead atoms. The van der Waals surface area contributed by atoms with Crippen LogP contribution in [0.3, 0.4) is 0 Å². The molecule has 0 aromatic carbocycles. The summed E-state index contributed by atoms with van der Waals surface area (Å²) in [6.07, 6.45) is 12.7. The number of rotatable bonds is 16. The average molecular weight is 372 g/mol. The van der Waals surface area contributed by atoms with Crippen molar-refractivity contribution in [3.8, 4) is 0 Å². The van der Waals surface area contributed by atoms with Crippen molar-refractivity contribution in [2.75, 3.05) is 13.2 Å². The van der Waals surface area contributed by atoms with E-state index in [0.29, 0.717) is 6.61 Å². The van der Waals surface area contributed by atoms with Crippen molar-refractivity contribution in [1.29, 1.82) is 0 Å². The van der Waals surface area contributed by atoms with Gasteiger partial charge >= 0.3 is 12.1 Å². The van der Waals surface area contributed by atoms with Gasteiger partial charge in [0.05, 0.1) is 13.2 Å². The minimum atomic E-state index is -0.637. The molecule has 5 heteroatoms. The van der Waals surface area contributed by atoms with Gasteiger partial charge in [-0.2, -0.15) is 0 Å². The molecule has 0 aliphatic carbocycles.